The minimum atomic E-state index is -0.0287. The molecular weight excluding hydrogens is 368 g/mol. The fourth-order valence-electron chi connectivity index (χ4n) is 3.61. The Balaban J connectivity index is 1.54. The van der Waals surface area contributed by atoms with Crippen LogP contribution >= 0.6 is 11.8 Å². The molecule has 0 heterocycles. The monoisotopic (exact) mass is 396 g/mol. The van der Waals surface area contributed by atoms with E-state index in [1.807, 2.05) is 56.3 Å². The Morgan fingerprint density at radius 1 is 0.964 bits per heavy atom. The Hall–Kier alpha value is -2.27. The van der Waals surface area contributed by atoms with E-state index in [9.17, 15) is 9.59 Å². The van der Waals surface area contributed by atoms with Crippen LogP contribution in [0.5, 0.6) is 0 Å². The van der Waals surface area contributed by atoms with Gasteiger partial charge in [0.1, 0.15) is 0 Å². The second-order valence-electron chi connectivity index (χ2n) is 7.46. The SMILES string of the molecule is Cc1cccc(C)c1NC(=O)CSc1cccc(NC(=O)C2CCCCC2)c1. The van der Waals surface area contributed by atoms with Crippen molar-refractivity contribution in [3.8, 4) is 0 Å². The zero-order chi connectivity index (χ0) is 19.9. The standard InChI is InChI=1S/C23H28N2O2S/c1-16-8-6-9-17(2)22(16)25-21(26)15-28-20-13-7-12-19(14-20)24-23(27)18-10-4-3-5-11-18/h6-9,12-14,18H,3-5,10-11,15H2,1-2H3,(H,24,27)(H,25,26). The number of hydrogen-bond donors (Lipinski definition) is 2. The lowest BCUT2D eigenvalue weighted by Crippen LogP contribution is -2.24. The molecule has 1 aliphatic carbocycles. The molecule has 0 aliphatic heterocycles. The average molecular weight is 397 g/mol. The number of para-hydroxylation sites is 1. The molecule has 0 saturated heterocycles. The molecule has 0 radical (unpaired) electrons. The van der Waals surface area contributed by atoms with Gasteiger partial charge in [-0.3, -0.25) is 9.59 Å². The molecule has 1 fully saturated rings. The summed E-state index contributed by atoms with van der Waals surface area (Å²) >= 11 is 1.47. The van der Waals surface area contributed by atoms with Crippen molar-refractivity contribution in [3.05, 3.63) is 53.6 Å². The summed E-state index contributed by atoms with van der Waals surface area (Å²) in [5.74, 6) is 0.551. The maximum Gasteiger partial charge on any atom is 0.234 e. The Bertz CT molecular complexity index is 824. The average Bonchev–Trinajstić information content (AvgIpc) is 2.70. The highest BCUT2D eigenvalue weighted by Crippen LogP contribution is 2.27. The zero-order valence-electron chi connectivity index (χ0n) is 16.6. The normalized spacial score (nSPS) is 14.5. The van der Waals surface area contributed by atoms with Gasteiger partial charge in [0.2, 0.25) is 11.8 Å². The van der Waals surface area contributed by atoms with Crippen LogP contribution in [0.4, 0.5) is 11.4 Å². The van der Waals surface area contributed by atoms with Gasteiger partial charge >= 0.3 is 0 Å². The fraction of sp³-hybridized carbons (Fsp3) is 0.391. The van der Waals surface area contributed by atoms with Crippen molar-refractivity contribution in [1.29, 1.82) is 0 Å². The van der Waals surface area contributed by atoms with Crippen molar-refractivity contribution >= 4 is 35.0 Å². The van der Waals surface area contributed by atoms with E-state index in [1.165, 1.54) is 18.2 Å². The predicted octanol–water partition coefficient (Wildman–Crippen LogP) is 5.55. The molecule has 2 aromatic carbocycles. The van der Waals surface area contributed by atoms with Crippen LogP contribution in [0.3, 0.4) is 0 Å². The molecule has 0 bridgehead atoms. The van der Waals surface area contributed by atoms with E-state index in [2.05, 4.69) is 10.6 Å². The maximum absolute atomic E-state index is 12.4. The van der Waals surface area contributed by atoms with Gasteiger partial charge < -0.3 is 10.6 Å². The van der Waals surface area contributed by atoms with Crippen molar-refractivity contribution in [1.82, 2.24) is 0 Å². The van der Waals surface area contributed by atoms with Crippen LogP contribution in [0.2, 0.25) is 0 Å². The van der Waals surface area contributed by atoms with E-state index < -0.39 is 0 Å². The quantitative estimate of drug-likeness (QED) is 0.629. The third kappa shape index (κ3) is 5.61. The van der Waals surface area contributed by atoms with Crippen LogP contribution in [-0.2, 0) is 9.59 Å². The third-order valence-corrected chi connectivity index (χ3v) is 6.19. The molecule has 1 aliphatic rings. The van der Waals surface area contributed by atoms with E-state index in [4.69, 9.17) is 0 Å². The number of benzene rings is 2. The second-order valence-corrected chi connectivity index (χ2v) is 8.50. The van der Waals surface area contributed by atoms with Gasteiger partial charge in [-0.15, -0.1) is 11.8 Å². The minimum Gasteiger partial charge on any atom is -0.326 e. The molecule has 148 valence electrons. The molecule has 5 heteroatoms. The first kappa shape index (κ1) is 20.5. The second kappa shape index (κ2) is 9.78. The van der Waals surface area contributed by atoms with E-state index >= 15 is 0 Å². The molecule has 4 nitrogen and oxygen atoms in total. The van der Waals surface area contributed by atoms with Crippen LogP contribution in [0.15, 0.2) is 47.4 Å². The molecule has 28 heavy (non-hydrogen) atoms. The largest absolute Gasteiger partial charge is 0.326 e. The summed E-state index contributed by atoms with van der Waals surface area (Å²) in [7, 11) is 0. The first-order valence-corrected chi connectivity index (χ1v) is 10.9. The number of rotatable bonds is 6. The number of carbonyl (C=O) groups is 2. The van der Waals surface area contributed by atoms with Gasteiger partial charge in [0.25, 0.3) is 0 Å². The number of amides is 2. The molecule has 2 amide bonds. The third-order valence-electron chi connectivity index (χ3n) is 5.19. The van der Waals surface area contributed by atoms with Gasteiger partial charge in [-0.25, -0.2) is 0 Å². The molecule has 0 unspecified atom stereocenters. The van der Waals surface area contributed by atoms with Crippen molar-refractivity contribution in [3.63, 3.8) is 0 Å². The molecule has 0 aromatic heterocycles. The van der Waals surface area contributed by atoms with Crippen LogP contribution in [-0.4, -0.2) is 17.6 Å². The number of carbonyl (C=O) groups excluding carboxylic acids is 2. The van der Waals surface area contributed by atoms with Crippen LogP contribution in [0, 0.1) is 19.8 Å². The van der Waals surface area contributed by atoms with Crippen molar-refractivity contribution in [2.75, 3.05) is 16.4 Å². The van der Waals surface area contributed by atoms with Gasteiger partial charge in [-0.1, -0.05) is 43.5 Å². The summed E-state index contributed by atoms with van der Waals surface area (Å²) in [5, 5.41) is 6.05. The Kier molecular flexibility index (Phi) is 7.15. The Labute approximate surface area is 171 Å². The molecule has 1 saturated carbocycles. The van der Waals surface area contributed by atoms with Crippen LogP contribution < -0.4 is 10.6 Å². The molecule has 0 atom stereocenters. The summed E-state index contributed by atoms with van der Waals surface area (Å²) < 4.78 is 0. The smallest absolute Gasteiger partial charge is 0.234 e. The number of nitrogens with one attached hydrogen (secondary N) is 2. The molecule has 2 aromatic rings. The minimum absolute atomic E-state index is 0.0287. The summed E-state index contributed by atoms with van der Waals surface area (Å²) in [4.78, 5) is 25.8. The fourth-order valence-corrected chi connectivity index (χ4v) is 4.36. The number of anilines is 2. The zero-order valence-corrected chi connectivity index (χ0v) is 17.4. The van der Waals surface area contributed by atoms with Gasteiger partial charge in [0, 0.05) is 22.2 Å². The Morgan fingerprint density at radius 3 is 2.36 bits per heavy atom. The highest BCUT2D eigenvalue weighted by atomic mass is 32.2. The summed E-state index contributed by atoms with van der Waals surface area (Å²) in [5.41, 5.74) is 3.81. The van der Waals surface area contributed by atoms with Crippen LogP contribution in [0.25, 0.3) is 0 Å². The molecular formula is C23H28N2O2S. The molecule has 3 rings (SSSR count). The number of thioether (sulfide) groups is 1. The first-order chi connectivity index (χ1) is 13.5. The van der Waals surface area contributed by atoms with Crippen molar-refractivity contribution in [2.24, 2.45) is 5.92 Å². The van der Waals surface area contributed by atoms with E-state index in [1.54, 1.807) is 0 Å². The first-order valence-electron chi connectivity index (χ1n) is 9.93. The van der Waals surface area contributed by atoms with E-state index in [-0.39, 0.29) is 17.7 Å². The number of hydrogen-bond acceptors (Lipinski definition) is 3. The van der Waals surface area contributed by atoms with Crippen molar-refractivity contribution < 1.29 is 9.59 Å². The summed E-state index contributed by atoms with van der Waals surface area (Å²) in [6.45, 7) is 3.99. The lowest BCUT2D eigenvalue weighted by Gasteiger charge is -2.20. The van der Waals surface area contributed by atoms with E-state index in [0.29, 0.717) is 5.75 Å². The molecule has 2 N–H and O–H groups in total. The topological polar surface area (TPSA) is 58.2 Å². The summed E-state index contributed by atoms with van der Waals surface area (Å²) in [6, 6.07) is 13.7. The number of aryl methyl sites for hydroxylation is 2. The van der Waals surface area contributed by atoms with Gasteiger partial charge in [0.15, 0.2) is 0 Å². The highest BCUT2D eigenvalue weighted by Gasteiger charge is 2.21. The van der Waals surface area contributed by atoms with Gasteiger partial charge in [-0.2, -0.15) is 0 Å². The lowest BCUT2D eigenvalue weighted by molar-refractivity contribution is -0.120. The summed E-state index contributed by atoms with van der Waals surface area (Å²) in [6.07, 6.45) is 5.49. The highest BCUT2D eigenvalue weighted by molar-refractivity contribution is 8.00. The van der Waals surface area contributed by atoms with Gasteiger partial charge in [-0.05, 0) is 56.0 Å². The van der Waals surface area contributed by atoms with Crippen LogP contribution in [0.1, 0.15) is 43.2 Å². The Morgan fingerprint density at radius 2 is 1.64 bits per heavy atom. The maximum atomic E-state index is 12.4. The lowest BCUT2D eigenvalue weighted by atomic mass is 9.88. The van der Waals surface area contributed by atoms with Crippen molar-refractivity contribution in [2.45, 2.75) is 50.8 Å². The van der Waals surface area contributed by atoms with E-state index in [0.717, 1.165) is 53.1 Å². The molecule has 0 spiro atoms. The van der Waals surface area contributed by atoms with Gasteiger partial charge in [0.05, 0.1) is 5.75 Å². The predicted molar refractivity (Wildman–Crippen MR) is 117 cm³/mol.